The fraction of sp³-hybridized carbons (Fsp3) is 0.217. The van der Waals surface area contributed by atoms with Gasteiger partial charge in [0.05, 0.1) is 6.61 Å². The first-order valence-electron chi connectivity index (χ1n) is 8.98. The third-order valence-electron chi connectivity index (χ3n) is 4.82. The molecule has 0 atom stereocenters. The largest absolute Gasteiger partial charge is 0.534 e. The first-order valence-corrected chi connectivity index (χ1v) is 10.9. The molecule has 0 aliphatic rings. The van der Waals surface area contributed by atoms with Crippen LogP contribution in [0.3, 0.4) is 0 Å². The Kier molecular flexibility index (Phi) is 5.30. The zero-order chi connectivity index (χ0) is 18.6. The normalized spacial score (nSPS) is 12.0. The van der Waals surface area contributed by atoms with Gasteiger partial charge in [-0.15, -0.1) is 0 Å². The first kappa shape index (κ1) is 18.4. The minimum Gasteiger partial charge on any atom is -0.534 e. The van der Waals surface area contributed by atoms with Gasteiger partial charge in [-0.2, -0.15) is 0 Å². The predicted octanol–water partition coefficient (Wildman–Crippen LogP) is 4.12. The van der Waals surface area contributed by atoms with E-state index in [1.807, 2.05) is 36.4 Å². The van der Waals surface area contributed by atoms with Crippen molar-refractivity contribution in [2.75, 3.05) is 0 Å². The lowest BCUT2D eigenvalue weighted by molar-refractivity contribution is 0.278. The minimum atomic E-state index is -2.65. The summed E-state index contributed by atoms with van der Waals surface area (Å²) in [4.78, 5) is 0. The molecule has 0 saturated carbocycles. The Morgan fingerprint density at radius 3 is 1.65 bits per heavy atom. The highest BCUT2D eigenvalue weighted by Crippen LogP contribution is 2.38. The molecule has 3 heteroatoms. The molecule has 0 radical (unpaired) electrons. The van der Waals surface area contributed by atoms with Crippen molar-refractivity contribution in [3.05, 3.63) is 90.5 Å². The van der Waals surface area contributed by atoms with Gasteiger partial charge in [-0.25, -0.2) is 0 Å². The van der Waals surface area contributed by atoms with Crippen LogP contribution in [0.15, 0.2) is 84.9 Å². The molecule has 0 spiro atoms. The highest BCUT2D eigenvalue weighted by atomic mass is 28.4. The monoisotopic (exact) mass is 362 g/mol. The molecule has 2 nitrogen and oxygen atoms in total. The van der Waals surface area contributed by atoms with Crippen molar-refractivity contribution in [2.45, 2.75) is 32.4 Å². The molecule has 26 heavy (non-hydrogen) atoms. The highest BCUT2D eigenvalue weighted by Gasteiger charge is 2.52. The van der Waals surface area contributed by atoms with Gasteiger partial charge in [-0.1, -0.05) is 99.6 Å². The maximum Gasteiger partial charge on any atom is 0.319 e. The second-order valence-corrected chi connectivity index (χ2v) is 11.8. The van der Waals surface area contributed by atoms with Gasteiger partial charge in [0, 0.05) is 5.56 Å². The van der Waals surface area contributed by atoms with Gasteiger partial charge in [0.1, 0.15) is 5.75 Å². The number of aliphatic hydroxyl groups excluding tert-OH is 1. The van der Waals surface area contributed by atoms with Gasteiger partial charge in [-0.05, 0) is 21.5 Å². The lowest BCUT2D eigenvalue weighted by Gasteiger charge is -2.43. The SMILES string of the molecule is CC(C)(C)[Si](Oc1ccccc1CO)(c1ccccc1)c1ccccc1. The Balaban J connectivity index is 2.28. The molecule has 3 rings (SSSR count). The maximum absolute atomic E-state index is 9.79. The number of hydrogen-bond donors (Lipinski definition) is 1. The fourth-order valence-electron chi connectivity index (χ4n) is 3.55. The van der Waals surface area contributed by atoms with Crippen LogP contribution in [0.25, 0.3) is 0 Å². The number of para-hydroxylation sites is 1. The van der Waals surface area contributed by atoms with Crippen molar-refractivity contribution in [3.8, 4) is 5.75 Å². The van der Waals surface area contributed by atoms with E-state index in [0.717, 1.165) is 11.3 Å². The van der Waals surface area contributed by atoms with Crippen molar-refractivity contribution in [1.29, 1.82) is 0 Å². The van der Waals surface area contributed by atoms with Gasteiger partial charge in [0.25, 0.3) is 0 Å². The second-order valence-electron chi connectivity index (χ2n) is 7.53. The van der Waals surface area contributed by atoms with Crippen LogP contribution in [-0.2, 0) is 6.61 Å². The summed E-state index contributed by atoms with van der Waals surface area (Å²) in [5.41, 5.74) is 0.820. The van der Waals surface area contributed by atoms with Crippen LogP contribution in [0.2, 0.25) is 5.04 Å². The van der Waals surface area contributed by atoms with Gasteiger partial charge in [0.15, 0.2) is 0 Å². The maximum atomic E-state index is 9.79. The summed E-state index contributed by atoms with van der Waals surface area (Å²) in [6, 6.07) is 28.9. The van der Waals surface area contributed by atoms with Crippen LogP contribution in [0.5, 0.6) is 5.75 Å². The zero-order valence-corrected chi connectivity index (χ0v) is 16.6. The first-order chi connectivity index (χ1) is 12.5. The lowest BCUT2D eigenvalue weighted by atomic mass is 10.2. The third-order valence-corrected chi connectivity index (χ3v) is 9.75. The molecule has 3 aromatic rings. The average Bonchev–Trinajstić information content (AvgIpc) is 2.67. The summed E-state index contributed by atoms with van der Waals surface area (Å²) in [7, 11) is -2.65. The highest BCUT2D eigenvalue weighted by molar-refractivity contribution is 7.00. The third kappa shape index (κ3) is 3.33. The van der Waals surface area contributed by atoms with Crippen LogP contribution in [0, 0.1) is 0 Å². The number of rotatable bonds is 5. The average molecular weight is 363 g/mol. The van der Waals surface area contributed by atoms with Crippen LogP contribution >= 0.6 is 0 Å². The van der Waals surface area contributed by atoms with E-state index in [9.17, 15) is 5.11 Å². The Morgan fingerprint density at radius 2 is 1.19 bits per heavy atom. The van der Waals surface area contributed by atoms with Crippen molar-refractivity contribution in [1.82, 2.24) is 0 Å². The van der Waals surface area contributed by atoms with E-state index in [1.54, 1.807) is 0 Å². The summed E-state index contributed by atoms with van der Waals surface area (Å²) >= 11 is 0. The summed E-state index contributed by atoms with van der Waals surface area (Å²) < 4.78 is 6.94. The molecule has 134 valence electrons. The summed E-state index contributed by atoms with van der Waals surface area (Å²) in [6.45, 7) is 6.72. The molecular formula is C23H26O2Si. The van der Waals surface area contributed by atoms with E-state index in [2.05, 4.69) is 69.3 Å². The van der Waals surface area contributed by atoms with E-state index < -0.39 is 8.32 Å². The van der Waals surface area contributed by atoms with E-state index in [4.69, 9.17) is 4.43 Å². The predicted molar refractivity (Wildman–Crippen MR) is 111 cm³/mol. The Hall–Kier alpha value is -2.36. The van der Waals surface area contributed by atoms with Crippen LogP contribution in [-0.4, -0.2) is 13.4 Å². The molecule has 0 heterocycles. The Labute approximate surface area is 157 Å². The van der Waals surface area contributed by atoms with E-state index in [1.165, 1.54) is 10.4 Å². The zero-order valence-electron chi connectivity index (χ0n) is 15.6. The van der Waals surface area contributed by atoms with E-state index in [-0.39, 0.29) is 11.6 Å². The molecule has 1 N–H and O–H groups in total. The quantitative estimate of drug-likeness (QED) is 0.692. The number of hydrogen-bond acceptors (Lipinski definition) is 2. The van der Waals surface area contributed by atoms with Crippen molar-refractivity contribution in [2.24, 2.45) is 0 Å². The van der Waals surface area contributed by atoms with Gasteiger partial charge >= 0.3 is 8.32 Å². The molecule has 0 unspecified atom stereocenters. The molecule has 3 aromatic carbocycles. The molecule has 0 saturated heterocycles. The summed E-state index contributed by atoms with van der Waals surface area (Å²) in [5, 5.41) is 12.2. The van der Waals surface area contributed by atoms with Gasteiger partial charge in [0.2, 0.25) is 0 Å². The number of aliphatic hydroxyl groups is 1. The van der Waals surface area contributed by atoms with Crippen LogP contribution in [0.4, 0.5) is 0 Å². The standard InChI is InChI=1S/C23H26O2Si/c1-23(2,3)26(20-13-6-4-7-14-20,21-15-8-5-9-16-21)25-22-17-11-10-12-19(22)18-24/h4-17,24H,18H2,1-3H3. The minimum absolute atomic E-state index is 0.0334. The summed E-state index contributed by atoms with van der Waals surface area (Å²) in [6.07, 6.45) is 0. The smallest absolute Gasteiger partial charge is 0.319 e. The molecule has 0 amide bonds. The van der Waals surface area contributed by atoms with Gasteiger partial charge in [-0.3, -0.25) is 0 Å². The molecule has 0 fully saturated rings. The summed E-state index contributed by atoms with van der Waals surface area (Å²) in [5.74, 6) is 0.768. The molecule has 0 bridgehead atoms. The molecule has 0 aliphatic carbocycles. The lowest BCUT2D eigenvalue weighted by Crippen LogP contribution is -2.68. The molecular weight excluding hydrogens is 336 g/mol. The Bertz CT molecular complexity index is 799. The Morgan fingerprint density at radius 1 is 0.731 bits per heavy atom. The van der Waals surface area contributed by atoms with Crippen LogP contribution in [0.1, 0.15) is 26.3 Å². The molecule has 0 aromatic heterocycles. The fourth-order valence-corrected chi connectivity index (χ4v) is 8.01. The van der Waals surface area contributed by atoms with Crippen molar-refractivity contribution < 1.29 is 9.53 Å². The topological polar surface area (TPSA) is 29.5 Å². The van der Waals surface area contributed by atoms with Crippen molar-refractivity contribution in [3.63, 3.8) is 0 Å². The number of benzene rings is 3. The van der Waals surface area contributed by atoms with Crippen LogP contribution < -0.4 is 14.8 Å². The van der Waals surface area contributed by atoms with Gasteiger partial charge < -0.3 is 9.53 Å². The van der Waals surface area contributed by atoms with E-state index in [0.29, 0.717) is 0 Å². The molecule has 0 aliphatic heterocycles. The second kappa shape index (κ2) is 7.48. The van der Waals surface area contributed by atoms with Crippen molar-refractivity contribution >= 4 is 18.7 Å². The van der Waals surface area contributed by atoms with E-state index >= 15 is 0 Å².